The van der Waals surface area contributed by atoms with Crippen molar-refractivity contribution in [2.75, 3.05) is 0 Å². The maximum atomic E-state index is 4.07. The fourth-order valence-electron chi connectivity index (χ4n) is 2.10. The summed E-state index contributed by atoms with van der Waals surface area (Å²) in [6.45, 7) is 6.20. The van der Waals surface area contributed by atoms with Gasteiger partial charge in [-0.15, -0.1) is 0 Å². The average molecular weight is 209 g/mol. The third kappa shape index (κ3) is 2.33. The Bertz CT molecular complexity index is 443. The highest BCUT2D eigenvalue weighted by Crippen LogP contribution is 2.27. The van der Waals surface area contributed by atoms with Crippen molar-refractivity contribution in [3.8, 4) is 0 Å². The molecular formula is C16H17. The third-order valence-corrected chi connectivity index (χ3v) is 2.94. The predicted molar refractivity (Wildman–Crippen MR) is 69.4 cm³/mol. The number of hydrogen-bond acceptors (Lipinski definition) is 0. The summed E-state index contributed by atoms with van der Waals surface area (Å²) in [5.74, 6) is 0.418. The van der Waals surface area contributed by atoms with Crippen LogP contribution in [0.5, 0.6) is 0 Å². The highest BCUT2D eigenvalue weighted by molar-refractivity contribution is 5.34. The summed E-state index contributed by atoms with van der Waals surface area (Å²) in [4.78, 5) is 0. The van der Waals surface area contributed by atoms with Gasteiger partial charge in [0, 0.05) is 5.92 Å². The zero-order chi connectivity index (χ0) is 11.4. The van der Waals surface area contributed by atoms with Crippen LogP contribution < -0.4 is 0 Å². The molecule has 0 fully saturated rings. The molecule has 0 aliphatic carbocycles. The lowest BCUT2D eigenvalue weighted by Gasteiger charge is -2.16. The Morgan fingerprint density at radius 3 is 2.25 bits per heavy atom. The molecule has 1 unspecified atom stereocenters. The number of benzene rings is 2. The Morgan fingerprint density at radius 2 is 1.62 bits per heavy atom. The first-order valence-electron chi connectivity index (χ1n) is 5.72. The van der Waals surface area contributed by atoms with Crippen molar-refractivity contribution >= 4 is 0 Å². The molecule has 0 spiro atoms. The summed E-state index contributed by atoms with van der Waals surface area (Å²) < 4.78 is 0. The molecule has 0 N–H and O–H groups in total. The van der Waals surface area contributed by atoms with Crippen molar-refractivity contribution in [2.45, 2.75) is 19.3 Å². The normalized spacial score (nSPS) is 12.4. The van der Waals surface area contributed by atoms with Gasteiger partial charge < -0.3 is 0 Å². The van der Waals surface area contributed by atoms with Crippen molar-refractivity contribution in [1.29, 1.82) is 0 Å². The van der Waals surface area contributed by atoms with Gasteiger partial charge in [0.1, 0.15) is 0 Å². The number of aryl methyl sites for hydroxylation is 1. The van der Waals surface area contributed by atoms with Gasteiger partial charge in [-0.25, -0.2) is 0 Å². The van der Waals surface area contributed by atoms with Crippen LogP contribution in [0.2, 0.25) is 0 Å². The quantitative estimate of drug-likeness (QED) is 0.705. The molecule has 0 heteroatoms. The van der Waals surface area contributed by atoms with Crippen molar-refractivity contribution < 1.29 is 0 Å². The minimum absolute atomic E-state index is 0.418. The van der Waals surface area contributed by atoms with Gasteiger partial charge in [0.25, 0.3) is 0 Å². The minimum Gasteiger partial charge on any atom is -0.0622 e. The molecule has 1 atom stereocenters. The van der Waals surface area contributed by atoms with E-state index in [0.717, 1.165) is 6.42 Å². The fourth-order valence-corrected chi connectivity index (χ4v) is 2.10. The van der Waals surface area contributed by atoms with Gasteiger partial charge in [-0.1, -0.05) is 67.1 Å². The van der Waals surface area contributed by atoms with Crippen molar-refractivity contribution in [3.63, 3.8) is 0 Å². The predicted octanol–water partition coefficient (Wildman–Crippen LogP) is 4.35. The zero-order valence-corrected chi connectivity index (χ0v) is 9.69. The van der Waals surface area contributed by atoms with Gasteiger partial charge in [0.2, 0.25) is 0 Å². The first-order valence-corrected chi connectivity index (χ1v) is 5.72. The lowest BCUT2D eigenvalue weighted by atomic mass is 9.88. The molecule has 16 heavy (non-hydrogen) atoms. The monoisotopic (exact) mass is 209 g/mol. The maximum Gasteiger partial charge on any atom is 0.00894 e. The van der Waals surface area contributed by atoms with E-state index in [0.29, 0.717) is 5.92 Å². The van der Waals surface area contributed by atoms with Crippen LogP contribution in [0.4, 0.5) is 0 Å². The van der Waals surface area contributed by atoms with Gasteiger partial charge >= 0.3 is 0 Å². The highest BCUT2D eigenvalue weighted by Gasteiger charge is 2.11. The standard InChI is InChI=1S/C16H17/c1-3-16(14-9-5-4-6-10-14)15-11-7-8-13(2)12-15/h4-12,16H,1,3H2,2H3. The first-order chi connectivity index (χ1) is 7.81. The molecule has 0 saturated carbocycles. The maximum absolute atomic E-state index is 4.07. The summed E-state index contributed by atoms with van der Waals surface area (Å²) in [6, 6.07) is 19.3. The van der Waals surface area contributed by atoms with E-state index in [2.05, 4.69) is 68.4 Å². The lowest BCUT2D eigenvalue weighted by molar-refractivity contribution is 0.826. The Labute approximate surface area is 97.9 Å². The Morgan fingerprint density at radius 1 is 0.938 bits per heavy atom. The number of rotatable bonds is 3. The third-order valence-electron chi connectivity index (χ3n) is 2.94. The second-order valence-electron chi connectivity index (χ2n) is 4.17. The van der Waals surface area contributed by atoms with Crippen LogP contribution >= 0.6 is 0 Å². The molecular weight excluding hydrogens is 192 g/mol. The van der Waals surface area contributed by atoms with E-state index < -0.39 is 0 Å². The minimum atomic E-state index is 0.418. The molecule has 0 nitrogen and oxygen atoms in total. The van der Waals surface area contributed by atoms with Gasteiger partial charge in [-0.3, -0.25) is 0 Å². The molecule has 81 valence electrons. The second kappa shape index (κ2) is 4.98. The van der Waals surface area contributed by atoms with Crippen LogP contribution in [0.25, 0.3) is 0 Å². The molecule has 2 aromatic rings. The van der Waals surface area contributed by atoms with Gasteiger partial charge in [0.05, 0.1) is 0 Å². The van der Waals surface area contributed by atoms with Gasteiger partial charge in [-0.2, -0.15) is 0 Å². The average Bonchev–Trinajstić information content (AvgIpc) is 2.31. The zero-order valence-electron chi connectivity index (χ0n) is 9.69. The van der Waals surface area contributed by atoms with Crippen LogP contribution in [-0.2, 0) is 0 Å². The van der Waals surface area contributed by atoms with Crippen molar-refractivity contribution in [3.05, 3.63) is 78.2 Å². The summed E-state index contributed by atoms with van der Waals surface area (Å²) >= 11 is 0. The first kappa shape index (κ1) is 10.9. The summed E-state index contributed by atoms with van der Waals surface area (Å²) in [7, 11) is 0. The van der Waals surface area contributed by atoms with E-state index in [4.69, 9.17) is 0 Å². The van der Waals surface area contributed by atoms with E-state index in [1.165, 1.54) is 16.7 Å². The van der Waals surface area contributed by atoms with E-state index in [1.54, 1.807) is 0 Å². The van der Waals surface area contributed by atoms with E-state index in [-0.39, 0.29) is 0 Å². The second-order valence-corrected chi connectivity index (χ2v) is 4.17. The Kier molecular flexibility index (Phi) is 3.40. The highest BCUT2D eigenvalue weighted by atomic mass is 14.1. The van der Waals surface area contributed by atoms with Crippen LogP contribution in [0.3, 0.4) is 0 Å². The molecule has 0 saturated heterocycles. The molecule has 0 aromatic heterocycles. The van der Waals surface area contributed by atoms with Crippen molar-refractivity contribution in [1.82, 2.24) is 0 Å². The molecule has 2 rings (SSSR count). The molecule has 0 bridgehead atoms. The smallest absolute Gasteiger partial charge is 0.00894 e. The fraction of sp³-hybridized carbons (Fsp3) is 0.188. The Balaban J connectivity index is 2.37. The molecule has 0 aliphatic rings. The van der Waals surface area contributed by atoms with Gasteiger partial charge in [-0.05, 0) is 24.5 Å². The lowest BCUT2D eigenvalue weighted by Crippen LogP contribution is -1.99. The van der Waals surface area contributed by atoms with E-state index in [9.17, 15) is 0 Å². The Hall–Kier alpha value is -1.56. The van der Waals surface area contributed by atoms with Crippen LogP contribution in [0.15, 0.2) is 54.6 Å². The number of hydrogen-bond donors (Lipinski definition) is 0. The van der Waals surface area contributed by atoms with Gasteiger partial charge in [0.15, 0.2) is 0 Å². The molecule has 0 amide bonds. The summed E-state index contributed by atoms with van der Waals surface area (Å²) in [6.07, 6.45) is 0.896. The SMILES string of the molecule is [CH2]CC(c1ccccc1)c1cccc(C)c1. The molecule has 1 radical (unpaired) electrons. The van der Waals surface area contributed by atoms with E-state index >= 15 is 0 Å². The topological polar surface area (TPSA) is 0 Å². The van der Waals surface area contributed by atoms with Crippen molar-refractivity contribution in [2.24, 2.45) is 0 Å². The van der Waals surface area contributed by atoms with E-state index in [1.807, 2.05) is 0 Å². The molecule has 2 aromatic carbocycles. The largest absolute Gasteiger partial charge is 0.0622 e. The summed E-state index contributed by atoms with van der Waals surface area (Å²) in [5, 5.41) is 0. The molecule has 0 aliphatic heterocycles. The van der Waals surface area contributed by atoms with Crippen LogP contribution in [0.1, 0.15) is 29.0 Å². The molecule has 0 heterocycles. The van der Waals surface area contributed by atoms with Crippen LogP contribution in [-0.4, -0.2) is 0 Å². The summed E-state index contributed by atoms with van der Waals surface area (Å²) in [5.41, 5.74) is 4.02. The van der Waals surface area contributed by atoms with Crippen LogP contribution in [0, 0.1) is 13.8 Å².